The Kier molecular flexibility index (Phi) is 36.7. The van der Waals surface area contributed by atoms with Crippen LogP contribution in [-0.2, 0) is 27.9 Å². The number of carbonyl (C=O) groups is 1. The Bertz CT molecular complexity index is 848. The van der Waals surface area contributed by atoms with Crippen LogP contribution in [0, 0.1) is 0 Å². The molecule has 9 heteroatoms. The van der Waals surface area contributed by atoms with Crippen LogP contribution in [0.1, 0.15) is 181 Å². The molecule has 49 heavy (non-hydrogen) atoms. The van der Waals surface area contributed by atoms with Crippen molar-refractivity contribution in [3.05, 3.63) is 36.6 Å². The van der Waals surface area contributed by atoms with Gasteiger partial charge in [0.25, 0.3) is 0 Å². The van der Waals surface area contributed by atoms with Crippen LogP contribution < -0.4 is 5.73 Å². The van der Waals surface area contributed by atoms with Gasteiger partial charge in [0, 0.05) is 13.0 Å². The summed E-state index contributed by atoms with van der Waals surface area (Å²) in [6.45, 7) is 4.18. The Morgan fingerprint density at radius 2 is 1.12 bits per heavy atom. The molecule has 0 saturated carbocycles. The number of hydrogen-bond donors (Lipinski definition) is 2. The first kappa shape index (κ1) is 47.6. The number of allylic oxidation sites excluding steroid dienone is 5. The SMILES string of the molecule is CCCC/C=C\C/C=C\CCCCCCCC(=O)O[C@H](CO/C=C\CCCCCCCCCCCCCCCC)COP(=O)(O)OCCN. The topological polar surface area (TPSA) is 117 Å². The third-order valence-corrected chi connectivity index (χ3v) is 9.36. The van der Waals surface area contributed by atoms with E-state index in [0.29, 0.717) is 0 Å². The number of carbonyl (C=O) groups excluding carboxylic acids is 1. The van der Waals surface area contributed by atoms with Crippen LogP contribution in [0.15, 0.2) is 36.6 Å². The summed E-state index contributed by atoms with van der Waals surface area (Å²) in [5.41, 5.74) is 5.35. The number of esters is 1. The zero-order chi connectivity index (χ0) is 35.9. The van der Waals surface area contributed by atoms with Crippen molar-refractivity contribution in [1.29, 1.82) is 0 Å². The van der Waals surface area contributed by atoms with Gasteiger partial charge in [-0.2, -0.15) is 0 Å². The number of phosphoric ester groups is 1. The van der Waals surface area contributed by atoms with Crippen molar-refractivity contribution in [3.63, 3.8) is 0 Å². The molecule has 288 valence electrons. The normalized spacial score (nSPS) is 13.9. The lowest BCUT2D eigenvalue weighted by molar-refractivity contribution is -0.153. The van der Waals surface area contributed by atoms with Crippen molar-refractivity contribution >= 4 is 13.8 Å². The number of unbranched alkanes of at least 4 members (excludes halogenated alkanes) is 21. The fraction of sp³-hybridized carbons (Fsp3) is 0.825. The largest absolute Gasteiger partial charge is 0.498 e. The van der Waals surface area contributed by atoms with Crippen molar-refractivity contribution in [2.24, 2.45) is 5.73 Å². The summed E-state index contributed by atoms with van der Waals surface area (Å²) in [4.78, 5) is 22.4. The van der Waals surface area contributed by atoms with E-state index in [9.17, 15) is 14.3 Å². The molecule has 2 atom stereocenters. The van der Waals surface area contributed by atoms with Gasteiger partial charge in [0.05, 0.1) is 19.5 Å². The van der Waals surface area contributed by atoms with E-state index >= 15 is 0 Å². The van der Waals surface area contributed by atoms with Crippen molar-refractivity contribution in [3.8, 4) is 0 Å². The first-order chi connectivity index (χ1) is 23.9. The van der Waals surface area contributed by atoms with E-state index in [2.05, 4.69) is 38.2 Å². The molecule has 0 aromatic heterocycles. The van der Waals surface area contributed by atoms with E-state index in [0.717, 1.165) is 57.8 Å². The Morgan fingerprint density at radius 1 is 0.633 bits per heavy atom. The minimum atomic E-state index is -4.29. The minimum Gasteiger partial charge on any atom is -0.498 e. The highest BCUT2D eigenvalue weighted by Gasteiger charge is 2.25. The van der Waals surface area contributed by atoms with Crippen molar-refractivity contribution < 1.29 is 32.8 Å². The lowest BCUT2D eigenvalue weighted by atomic mass is 10.0. The smallest absolute Gasteiger partial charge is 0.472 e. The van der Waals surface area contributed by atoms with Crippen LogP contribution in [-0.4, -0.2) is 43.3 Å². The van der Waals surface area contributed by atoms with E-state index in [-0.39, 0.29) is 38.8 Å². The third kappa shape index (κ3) is 37.6. The van der Waals surface area contributed by atoms with Crippen molar-refractivity contribution in [1.82, 2.24) is 0 Å². The molecule has 0 aliphatic heterocycles. The summed E-state index contributed by atoms with van der Waals surface area (Å²) in [7, 11) is -4.29. The zero-order valence-corrected chi connectivity index (χ0v) is 32.6. The summed E-state index contributed by atoms with van der Waals surface area (Å²) in [6, 6.07) is 0. The summed E-state index contributed by atoms with van der Waals surface area (Å²) in [6.07, 6.45) is 42.5. The molecule has 3 N–H and O–H groups in total. The second-order valence-electron chi connectivity index (χ2n) is 13.2. The summed E-state index contributed by atoms with van der Waals surface area (Å²) in [5.74, 6) is -0.367. The van der Waals surface area contributed by atoms with Crippen molar-refractivity contribution in [2.75, 3.05) is 26.4 Å². The Hall–Kier alpha value is -1.44. The molecule has 0 bridgehead atoms. The highest BCUT2D eigenvalue weighted by atomic mass is 31.2. The Morgan fingerprint density at radius 3 is 1.67 bits per heavy atom. The monoisotopic (exact) mass is 714 g/mol. The van der Waals surface area contributed by atoms with Gasteiger partial charge in [-0.1, -0.05) is 154 Å². The maximum atomic E-state index is 12.5. The molecule has 0 aliphatic rings. The van der Waals surface area contributed by atoms with E-state index in [4.69, 9.17) is 24.3 Å². The van der Waals surface area contributed by atoms with Crippen molar-refractivity contribution in [2.45, 2.75) is 187 Å². The standard InChI is InChI=1S/C40H76NO7P/c1-3-5-7-9-11-13-15-17-19-20-22-24-26-28-30-32-35-45-37-39(38-47-49(43,44)46-36-34-41)48-40(42)33-31-29-27-25-23-21-18-16-14-12-10-8-6-4-2/h10,12,16,18,32,35,39H,3-9,11,13-15,17,19-31,33-34,36-38,41H2,1-2H3,(H,43,44)/b12-10-,18-16-,35-32-/t39-/m1/s1. The average molecular weight is 714 g/mol. The molecular weight excluding hydrogens is 637 g/mol. The highest BCUT2D eigenvalue weighted by molar-refractivity contribution is 7.47. The van der Waals surface area contributed by atoms with E-state index < -0.39 is 13.9 Å². The van der Waals surface area contributed by atoms with Crippen LogP contribution in [0.25, 0.3) is 0 Å². The van der Waals surface area contributed by atoms with Gasteiger partial charge in [-0.05, 0) is 51.0 Å². The molecule has 1 unspecified atom stereocenters. The fourth-order valence-electron chi connectivity index (χ4n) is 5.39. The molecular formula is C40H76NO7P. The number of phosphoric acid groups is 1. The van der Waals surface area contributed by atoms with Gasteiger partial charge >= 0.3 is 13.8 Å². The molecule has 0 aliphatic carbocycles. The van der Waals surface area contributed by atoms with Gasteiger partial charge in [-0.15, -0.1) is 0 Å². The van der Waals surface area contributed by atoms with Gasteiger partial charge < -0.3 is 20.1 Å². The first-order valence-electron chi connectivity index (χ1n) is 20.0. The van der Waals surface area contributed by atoms with Crippen LogP contribution in [0.4, 0.5) is 0 Å². The number of nitrogens with two attached hydrogens (primary N) is 1. The molecule has 0 saturated heterocycles. The summed E-state index contributed by atoms with van der Waals surface area (Å²) >= 11 is 0. The number of hydrogen-bond acceptors (Lipinski definition) is 7. The number of ether oxygens (including phenoxy) is 2. The predicted octanol–water partition coefficient (Wildman–Crippen LogP) is 11.8. The summed E-state index contributed by atoms with van der Waals surface area (Å²) in [5, 5.41) is 0. The molecule has 0 rings (SSSR count). The fourth-order valence-corrected chi connectivity index (χ4v) is 6.16. The molecule has 0 aromatic carbocycles. The van der Waals surface area contributed by atoms with Gasteiger partial charge in [0.1, 0.15) is 6.61 Å². The average Bonchev–Trinajstić information content (AvgIpc) is 3.09. The maximum Gasteiger partial charge on any atom is 0.472 e. The molecule has 0 heterocycles. The number of rotatable bonds is 38. The molecule has 8 nitrogen and oxygen atoms in total. The Balaban J connectivity index is 4.13. The Labute approximate surface area is 301 Å². The van der Waals surface area contributed by atoms with Gasteiger partial charge in [0.2, 0.25) is 0 Å². The minimum absolute atomic E-state index is 0.0277. The third-order valence-electron chi connectivity index (χ3n) is 8.37. The van der Waals surface area contributed by atoms with E-state index in [1.807, 2.05) is 6.08 Å². The first-order valence-corrected chi connectivity index (χ1v) is 21.5. The summed E-state index contributed by atoms with van der Waals surface area (Å²) < 4.78 is 33.1. The van der Waals surface area contributed by atoms with E-state index in [1.54, 1.807) is 6.26 Å². The lowest BCUT2D eigenvalue weighted by Gasteiger charge is -2.19. The van der Waals surface area contributed by atoms with Gasteiger partial charge in [0.15, 0.2) is 6.10 Å². The van der Waals surface area contributed by atoms with Crippen LogP contribution >= 0.6 is 7.82 Å². The van der Waals surface area contributed by atoms with Gasteiger partial charge in [-0.25, -0.2) is 4.57 Å². The van der Waals surface area contributed by atoms with Gasteiger partial charge in [-0.3, -0.25) is 13.8 Å². The molecule has 0 radical (unpaired) electrons. The van der Waals surface area contributed by atoms with Crippen LogP contribution in [0.5, 0.6) is 0 Å². The van der Waals surface area contributed by atoms with Crippen LogP contribution in [0.3, 0.4) is 0 Å². The predicted molar refractivity (Wildman–Crippen MR) is 205 cm³/mol. The maximum absolute atomic E-state index is 12.5. The molecule has 0 fully saturated rings. The zero-order valence-electron chi connectivity index (χ0n) is 31.7. The molecule has 0 spiro atoms. The second kappa shape index (κ2) is 37.8. The second-order valence-corrected chi connectivity index (χ2v) is 14.7. The van der Waals surface area contributed by atoms with E-state index in [1.165, 1.54) is 103 Å². The molecule has 0 amide bonds. The van der Waals surface area contributed by atoms with Crippen LogP contribution in [0.2, 0.25) is 0 Å². The quantitative estimate of drug-likeness (QED) is 0.0213. The highest BCUT2D eigenvalue weighted by Crippen LogP contribution is 2.43. The lowest BCUT2D eigenvalue weighted by Crippen LogP contribution is -2.27. The molecule has 0 aromatic rings.